The fourth-order valence-electron chi connectivity index (χ4n) is 6.73. The summed E-state index contributed by atoms with van der Waals surface area (Å²) in [6, 6.07) is -0.917. The van der Waals surface area contributed by atoms with Crippen molar-refractivity contribution in [3.8, 4) is 0 Å². The van der Waals surface area contributed by atoms with Crippen LogP contribution in [0.4, 0.5) is 0 Å². The highest BCUT2D eigenvalue weighted by molar-refractivity contribution is 7.98. The molecule has 8 amide bonds. The number of thioether (sulfide) groups is 1. The van der Waals surface area contributed by atoms with E-state index >= 15 is 0 Å². The quantitative estimate of drug-likeness (QED) is 0.0410. The number of imidazole rings is 1. The van der Waals surface area contributed by atoms with Crippen molar-refractivity contribution in [2.24, 2.45) is 23.3 Å². The van der Waals surface area contributed by atoms with Gasteiger partial charge in [0.25, 0.3) is 0 Å². The summed E-state index contributed by atoms with van der Waals surface area (Å²) >= 11 is 1.47. The number of carbonyl (C=O) groups is 9. The van der Waals surface area contributed by atoms with E-state index in [0.29, 0.717) is 17.0 Å². The van der Waals surface area contributed by atoms with Crippen molar-refractivity contribution in [3.63, 3.8) is 0 Å². The highest BCUT2D eigenvalue weighted by Gasteiger charge is 2.33. The van der Waals surface area contributed by atoms with Crippen molar-refractivity contribution >= 4 is 75.9 Å². The summed E-state index contributed by atoms with van der Waals surface area (Å²) in [7, 11) is 0. The first kappa shape index (κ1) is 53.8. The predicted octanol–water partition coefficient (Wildman–Crippen LogP) is -1.15. The third-order valence-corrected chi connectivity index (χ3v) is 11.0. The van der Waals surface area contributed by atoms with E-state index in [9.17, 15) is 43.2 Å². The maximum absolute atomic E-state index is 13.7. The SMILES string of the molecule is CSCC[C@H](NC(=O)[C@H](CC(C)C)NC(=O)[C@H](Cc1cnc[nH]1)NC(=O)CNC(=O)[C@@H](NC(=O)[C@H](C)NC(=O)[C@H](Cc1c[nH]c2ccccc12)NC(=O)[C@@H](N)CCC(=O)O)C(C)C)C(N)=O. The second-order valence-electron chi connectivity index (χ2n) is 16.7. The zero-order valence-electron chi connectivity index (χ0n) is 38.0. The van der Waals surface area contributed by atoms with E-state index in [2.05, 4.69) is 52.2 Å². The number of benzene rings is 1. The average Bonchev–Trinajstić information content (AvgIpc) is 3.93. The van der Waals surface area contributed by atoms with Crippen molar-refractivity contribution in [2.75, 3.05) is 18.6 Å². The van der Waals surface area contributed by atoms with Crippen molar-refractivity contribution in [1.29, 1.82) is 0 Å². The van der Waals surface area contributed by atoms with Crippen LogP contribution in [0.5, 0.6) is 0 Å². The first-order valence-electron chi connectivity index (χ1n) is 21.6. The Morgan fingerprint density at radius 1 is 0.742 bits per heavy atom. The number of nitrogens with two attached hydrogens (primary N) is 2. The normalized spacial score (nSPS) is 14.4. The lowest BCUT2D eigenvalue weighted by Crippen LogP contribution is -2.59. The van der Waals surface area contributed by atoms with Gasteiger partial charge < -0.3 is 63.8 Å². The van der Waals surface area contributed by atoms with Crippen molar-refractivity contribution in [3.05, 3.63) is 54.2 Å². The van der Waals surface area contributed by atoms with Crippen LogP contribution in [-0.4, -0.2) is 134 Å². The van der Waals surface area contributed by atoms with E-state index in [4.69, 9.17) is 16.6 Å². The van der Waals surface area contributed by atoms with Gasteiger partial charge in [0.1, 0.15) is 36.3 Å². The molecule has 14 N–H and O–H groups in total. The number of aromatic amines is 2. The number of amides is 8. The summed E-state index contributed by atoms with van der Waals surface area (Å²) in [6.45, 7) is 7.75. The molecule has 2 heterocycles. The summed E-state index contributed by atoms with van der Waals surface area (Å²) in [5, 5.41) is 28.0. The van der Waals surface area contributed by atoms with Gasteiger partial charge in [-0.1, -0.05) is 45.9 Å². The number of aromatic nitrogens is 3. The summed E-state index contributed by atoms with van der Waals surface area (Å²) in [5.41, 5.74) is 13.4. The number of hydrogen-bond acceptors (Lipinski definition) is 12. The van der Waals surface area contributed by atoms with Gasteiger partial charge in [0.15, 0.2) is 0 Å². The molecule has 7 atom stereocenters. The van der Waals surface area contributed by atoms with Crippen LogP contribution in [-0.2, 0) is 56.0 Å². The minimum absolute atomic E-state index is 0.0190. The molecule has 0 saturated carbocycles. The van der Waals surface area contributed by atoms with Crippen LogP contribution in [0.25, 0.3) is 10.9 Å². The van der Waals surface area contributed by atoms with Gasteiger partial charge in [-0.25, -0.2) is 4.98 Å². The molecule has 0 aliphatic carbocycles. The van der Waals surface area contributed by atoms with Crippen molar-refractivity contribution in [2.45, 2.75) is 115 Å². The lowest BCUT2D eigenvalue weighted by molar-refractivity contribution is -0.137. The van der Waals surface area contributed by atoms with E-state index in [1.165, 1.54) is 31.2 Å². The van der Waals surface area contributed by atoms with E-state index in [1.807, 2.05) is 38.3 Å². The van der Waals surface area contributed by atoms with Crippen LogP contribution < -0.4 is 48.7 Å². The number of hydrogen-bond donors (Lipinski definition) is 12. The fourth-order valence-corrected chi connectivity index (χ4v) is 7.20. The second-order valence-corrected chi connectivity index (χ2v) is 17.7. The maximum atomic E-state index is 13.7. The average molecular weight is 941 g/mol. The number of carboxylic acid groups (broad SMARTS) is 1. The Morgan fingerprint density at radius 2 is 1.38 bits per heavy atom. The monoisotopic (exact) mass is 940 g/mol. The van der Waals surface area contributed by atoms with Gasteiger partial charge in [-0.3, -0.25) is 43.2 Å². The first-order chi connectivity index (χ1) is 31.2. The standard InChI is InChI=1S/C43H64N12O10S/c1-22(2)15-31(41(63)52-30(37(45)59)13-14-66-6)54-42(64)33(17-26-19-46-21-49-26)51-34(56)20-48-43(65)36(23(3)4)55-38(60)24(5)50-40(62)32(53-39(61)28(44)11-12-35(57)58)16-25-18-47-29-10-8-7-9-27(25)29/h7-10,18-19,21-24,28,30-33,36,47H,11-17,20,44H2,1-6H3,(H2,45,59)(H,46,49)(H,48,65)(H,50,62)(H,51,56)(H,52,63)(H,53,61)(H,54,64)(H,55,60)(H,57,58)/t24-,28-,30-,31-,32-,33-,36-/m0/s1. The smallest absolute Gasteiger partial charge is 0.303 e. The van der Waals surface area contributed by atoms with Gasteiger partial charge in [0.2, 0.25) is 47.3 Å². The molecule has 0 radical (unpaired) electrons. The number of H-pyrrole nitrogens is 2. The number of fused-ring (bicyclic) bond motifs is 1. The molecule has 2 aromatic heterocycles. The molecule has 22 nitrogen and oxygen atoms in total. The molecule has 23 heteroatoms. The van der Waals surface area contributed by atoms with Crippen molar-refractivity contribution in [1.82, 2.24) is 52.2 Å². The highest BCUT2D eigenvalue weighted by atomic mass is 32.2. The number of aliphatic carboxylic acids is 1. The molecule has 0 unspecified atom stereocenters. The largest absolute Gasteiger partial charge is 0.481 e. The van der Waals surface area contributed by atoms with Crippen LogP contribution in [0.1, 0.15) is 71.6 Å². The molecule has 3 aromatic rings. The molecule has 0 aliphatic heterocycles. The maximum Gasteiger partial charge on any atom is 0.303 e. The molecule has 3 rings (SSSR count). The summed E-state index contributed by atoms with van der Waals surface area (Å²) < 4.78 is 0. The number of nitrogens with zero attached hydrogens (tertiary/aromatic N) is 1. The summed E-state index contributed by atoms with van der Waals surface area (Å²) in [4.78, 5) is 127. The van der Waals surface area contributed by atoms with Gasteiger partial charge in [-0.2, -0.15) is 11.8 Å². The Bertz CT molecular complexity index is 2150. The molecule has 0 fully saturated rings. The molecule has 0 spiro atoms. The Hall–Kier alpha value is -6.49. The van der Waals surface area contributed by atoms with Crippen LogP contribution >= 0.6 is 11.8 Å². The third kappa shape index (κ3) is 17.5. The topological polar surface area (TPSA) is 355 Å². The Balaban J connectivity index is 1.68. The summed E-state index contributed by atoms with van der Waals surface area (Å²) in [6.07, 6.45) is 6.21. The number of primary amides is 1. The molecule has 0 saturated heterocycles. The third-order valence-electron chi connectivity index (χ3n) is 10.4. The Morgan fingerprint density at radius 3 is 2.00 bits per heavy atom. The molecule has 66 heavy (non-hydrogen) atoms. The number of nitrogens with one attached hydrogen (secondary N) is 9. The van der Waals surface area contributed by atoms with E-state index in [-0.39, 0.29) is 44.4 Å². The van der Waals surface area contributed by atoms with Crippen molar-refractivity contribution < 1.29 is 48.3 Å². The molecular weight excluding hydrogens is 877 g/mol. The highest BCUT2D eigenvalue weighted by Crippen LogP contribution is 2.19. The molecule has 0 aliphatic rings. The Kier molecular flexibility index (Phi) is 21.6. The van der Waals surface area contributed by atoms with Gasteiger partial charge in [-0.15, -0.1) is 0 Å². The fraction of sp³-hybridized carbons (Fsp3) is 0.535. The lowest BCUT2D eigenvalue weighted by atomic mass is 10.0. The lowest BCUT2D eigenvalue weighted by Gasteiger charge is -2.26. The number of rotatable bonds is 28. The van der Waals surface area contributed by atoms with Crippen LogP contribution in [0, 0.1) is 11.8 Å². The minimum Gasteiger partial charge on any atom is -0.481 e. The van der Waals surface area contributed by atoms with Crippen LogP contribution in [0.3, 0.4) is 0 Å². The Labute approximate surface area is 386 Å². The second kappa shape index (κ2) is 26.5. The first-order valence-corrected chi connectivity index (χ1v) is 23.0. The summed E-state index contributed by atoms with van der Waals surface area (Å²) in [5.74, 6) is -7.05. The number of carbonyl (C=O) groups excluding carboxylic acids is 8. The van der Waals surface area contributed by atoms with Gasteiger partial charge in [0.05, 0.1) is 18.9 Å². The number of para-hydroxylation sites is 1. The van der Waals surface area contributed by atoms with Crippen LogP contribution in [0.15, 0.2) is 43.0 Å². The zero-order valence-corrected chi connectivity index (χ0v) is 38.8. The minimum atomic E-state index is -1.25. The van der Waals surface area contributed by atoms with E-state index in [0.717, 1.165) is 10.9 Å². The van der Waals surface area contributed by atoms with Gasteiger partial charge in [0, 0.05) is 48.3 Å². The predicted molar refractivity (Wildman–Crippen MR) is 246 cm³/mol. The van der Waals surface area contributed by atoms with E-state index < -0.39 is 108 Å². The van der Waals surface area contributed by atoms with E-state index in [1.54, 1.807) is 26.1 Å². The number of carboxylic acids is 1. The zero-order chi connectivity index (χ0) is 49.1. The van der Waals surface area contributed by atoms with Gasteiger partial charge >= 0.3 is 5.97 Å². The molecular formula is C43H64N12O10S. The van der Waals surface area contributed by atoms with Gasteiger partial charge in [-0.05, 0) is 61.7 Å². The molecule has 362 valence electrons. The van der Waals surface area contributed by atoms with Crippen LogP contribution in [0.2, 0.25) is 0 Å². The molecule has 1 aromatic carbocycles. The molecule has 0 bridgehead atoms.